The number of nitrogens with one attached hydrogen (secondary N) is 1. The topological polar surface area (TPSA) is 81.0 Å². The Morgan fingerprint density at radius 3 is 2.79 bits per heavy atom. The molecule has 1 fully saturated rings. The summed E-state index contributed by atoms with van der Waals surface area (Å²) in [6, 6.07) is 0.436. The van der Waals surface area contributed by atoms with Crippen LogP contribution in [0.1, 0.15) is 23.6 Å². The molecule has 2 aromatic rings. The minimum absolute atomic E-state index is 0.436. The molecular weight excluding hydrogens is 306 g/mol. The molecule has 4 rings (SSSR count). The smallest absolute Gasteiger partial charge is 0.225 e. The molecule has 1 N–H and O–H groups in total. The number of aryl methyl sites for hydroxylation is 2. The third kappa shape index (κ3) is 3.25. The molecule has 0 bridgehead atoms. The van der Waals surface area contributed by atoms with E-state index < -0.39 is 0 Å². The van der Waals surface area contributed by atoms with Gasteiger partial charge in [0, 0.05) is 56.6 Å². The van der Waals surface area contributed by atoms with Crippen molar-refractivity contribution in [2.24, 2.45) is 0 Å². The zero-order valence-corrected chi connectivity index (χ0v) is 14.0. The van der Waals surface area contributed by atoms with Crippen molar-refractivity contribution in [2.45, 2.75) is 38.9 Å². The summed E-state index contributed by atoms with van der Waals surface area (Å²) in [5.74, 6) is 2.89. The van der Waals surface area contributed by atoms with Crippen LogP contribution < -0.4 is 10.2 Å². The lowest BCUT2D eigenvalue weighted by atomic mass is 10.1. The van der Waals surface area contributed by atoms with Crippen molar-refractivity contribution in [3.63, 3.8) is 0 Å². The number of aromatic nitrogens is 5. The molecule has 0 amide bonds. The first-order valence-electron chi connectivity index (χ1n) is 8.55. The van der Waals surface area contributed by atoms with Gasteiger partial charge in [-0.1, -0.05) is 0 Å². The molecule has 0 aliphatic carbocycles. The Hall–Kier alpha value is -2.06. The van der Waals surface area contributed by atoms with Crippen LogP contribution in [0.2, 0.25) is 0 Å². The monoisotopic (exact) mass is 329 g/mol. The molecular formula is C16H23N7O. The van der Waals surface area contributed by atoms with Gasteiger partial charge in [0.1, 0.15) is 11.6 Å². The van der Waals surface area contributed by atoms with Gasteiger partial charge in [-0.25, -0.2) is 9.97 Å². The van der Waals surface area contributed by atoms with E-state index in [1.807, 2.05) is 19.3 Å². The second-order valence-electron chi connectivity index (χ2n) is 6.38. The van der Waals surface area contributed by atoms with E-state index in [4.69, 9.17) is 4.74 Å². The molecule has 1 saturated heterocycles. The van der Waals surface area contributed by atoms with Crippen molar-refractivity contribution < 1.29 is 4.74 Å². The maximum absolute atomic E-state index is 5.36. The van der Waals surface area contributed by atoms with Gasteiger partial charge in [-0.05, 0) is 13.3 Å². The number of hydrogen-bond acceptors (Lipinski definition) is 7. The summed E-state index contributed by atoms with van der Waals surface area (Å²) in [6.45, 7) is 6.95. The molecule has 0 unspecified atom stereocenters. The van der Waals surface area contributed by atoms with Gasteiger partial charge in [-0.15, -0.1) is 10.2 Å². The highest BCUT2D eigenvalue weighted by atomic mass is 16.5. The standard InChI is InChI=1S/C16H23N7O/c1-12-20-21-15-3-2-14(11-23(12)15)17-8-13-9-18-16(19-10-13)22-4-6-24-7-5-22/h9-10,14,17H,2-8,11H2,1H3/t14-/m1/s1. The fourth-order valence-corrected chi connectivity index (χ4v) is 3.26. The SMILES string of the molecule is Cc1nnc2n1C[C@H](NCc1cnc(N3CCOCC3)nc1)CC2. The maximum Gasteiger partial charge on any atom is 0.225 e. The highest BCUT2D eigenvalue weighted by molar-refractivity contribution is 5.30. The summed E-state index contributed by atoms with van der Waals surface area (Å²) in [6.07, 6.45) is 5.90. The Balaban J connectivity index is 1.32. The van der Waals surface area contributed by atoms with Gasteiger partial charge in [0.2, 0.25) is 5.95 Å². The van der Waals surface area contributed by atoms with Gasteiger partial charge < -0.3 is 19.5 Å². The molecule has 24 heavy (non-hydrogen) atoms. The number of nitrogens with zero attached hydrogens (tertiary/aromatic N) is 6. The van der Waals surface area contributed by atoms with Gasteiger partial charge in [0.25, 0.3) is 0 Å². The Morgan fingerprint density at radius 1 is 1.21 bits per heavy atom. The zero-order chi connectivity index (χ0) is 16.4. The Bertz CT molecular complexity index is 678. The average Bonchev–Trinajstić information content (AvgIpc) is 3.02. The molecule has 2 aliphatic rings. The summed E-state index contributed by atoms with van der Waals surface area (Å²) in [5, 5.41) is 12.0. The van der Waals surface area contributed by atoms with Crippen LogP contribution in [0.4, 0.5) is 5.95 Å². The first-order valence-corrected chi connectivity index (χ1v) is 8.55. The zero-order valence-electron chi connectivity index (χ0n) is 14.0. The maximum atomic E-state index is 5.36. The minimum atomic E-state index is 0.436. The molecule has 2 aliphatic heterocycles. The Morgan fingerprint density at radius 2 is 2.00 bits per heavy atom. The van der Waals surface area contributed by atoms with Crippen molar-refractivity contribution in [1.29, 1.82) is 0 Å². The molecule has 0 spiro atoms. The van der Waals surface area contributed by atoms with Crippen LogP contribution in [0.15, 0.2) is 12.4 Å². The molecule has 128 valence electrons. The van der Waals surface area contributed by atoms with Crippen molar-refractivity contribution in [1.82, 2.24) is 30.0 Å². The number of ether oxygens (including phenoxy) is 1. The van der Waals surface area contributed by atoms with Crippen LogP contribution >= 0.6 is 0 Å². The van der Waals surface area contributed by atoms with Crippen molar-refractivity contribution in [3.05, 3.63) is 29.6 Å². The summed E-state index contributed by atoms with van der Waals surface area (Å²) in [7, 11) is 0. The summed E-state index contributed by atoms with van der Waals surface area (Å²) in [4.78, 5) is 11.2. The Labute approximate surface area is 141 Å². The second-order valence-corrected chi connectivity index (χ2v) is 6.38. The summed E-state index contributed by atoms with van der Waals surface area (Å²) < 4.78 is 7.57. The molecule has 8 heteroatoms. The third-order valence-electron chi connectivity index (χ3n) is 4.71. The van der Waals surface area contributed by atoms with E-state index >= 15 is 0 Å². The molecule has 2 aromatic heterocycles. The number of fused-ring (bicyclic) bond motifs is 1. The van der Waals surface area contributed by atoms with E-state index in [0.717, 1.165) is 75.4 Å². The van der Waals surface area contributed by atoms with Gasteiger partial charge in [-0.3, -0.25) is 0 Å². The molecule has 8 nitrogen and oxygen atoms in total. The third-order valence-corrected chi connectivity index (χ3v) is 4.71. The highest BCUT2D eigenvalue weighted by Crippen LogP contribution is 2.15. The first kappa shape index (κ1) is 15.5. The fraction of sp³-hybridized carbons (Fsp3) is 0.625. The van der Waals surface area contributed by atoms with Gasteiger partial charge in [0.05, 0.1) is 13.2 Å². The van der Waals surface area contributed by atoms with Crippen LogP contribution in [0, 0.1) is 6.92 Å². The van der Waals surface area contributed by atoms with E-state index in [1.165, 1.54) is 0 Å². The molecule has 0 aromatic carbocycles. The largest absolute Gasteiger partial charge is 0.378 e. The van der Waals surface area contributed by atoms with Crippen molar-refractivity contribution >= 4 is 5.95 Å². The van der Waals surface area contributed by atoms with E-state index in [1.54, 1.807) is 0 Å². The second kappa shape index (κ2) is 6.82. The minimum Gasteiger partial charge on any atom is -0.378 e. The Kier molecular flexibility index (Phi) is 4.40. The number of hydrogen-bond donors (Lipinski definition) is 1. The van der Waals surface area contributed by atoms with E-state index in [2.05, 4.69) is 34.9 Å². The van der Waals surface area contributed by atoms with Crippen molar-refractivity contribution in [2.75, 3.05) is 31.2 Å². The molecule has 1 atom stereocenters. The van der Waals surface area contributed by atoms with Gasteiger partial charge in [0.15, 0.2) is 0 Å². The lowest BCUT2D eigenvalue weighted by Crippen LogP contribution is -2.38. The lowest BCUT2D eigenvalue weighted by molar-refractivity contribution is 0.122. The van der Waals surface area contributed by atoms with E-state index in [0.29, 0.717) is 6.04 Å². The highest BCUT2D eigenvalue weighted by Gasteiger charge is 2.21. The number of morpholine rings is 1. The predicted octanol–water partition coefficient (Wildman–Crippen LogP) is 0.318. The van der Waals surface area contributed by atoms with Gasteiger partial charge >= 0.3 is 0 Å². The van der Waals surface area contributed by atoms with Crippen LogP contribution in [-0.4, -0.2) is 57.1 Å². The van der Waals surface area contributed by atoms with E-state index in [9.17, 15) is 0 Å². The number of anilines is 1. The van der Waals surface area contributed by atoms with Crippen molar-refractivity contribution in [3.8, 4) is 0 Å². The van der Waals surface area contributed by atoms with Crippen LogP contribution in [0.25, 0.3) is 0 Å². The predicted molar refractivity (Wildman–Crippen MR) is 88.8 cm³/mol. The van der Waals surface area contributed by atoms with Crippen LogP contribution in [-0.2, 0) is 24.2 Å². The molecule has 0 saturated carbocycles. The normalized spacial score (nSPS) is 20.9. The number of rotatable bonds is 4. The van der Waals surface area contributed by atoms with Crippen LogP contribution in [0.5, 0.6) is 0 Å². The fourth-order valence-electron chi connectivity index (χ4n) is 3.26. The van der Waals surface area contributed by atoms with Gasteiger partial charge in [-0.2, -0.15) is 0 Å². The van der Waals surface area contributed by atoms with Crippen LogP contribution in [0.3, 0.4) is 0 Å². The first-order chi connectivity index (χ1) is 11.8. The molecule has 4 heterocycles. The molecule has 0 radical (unpaired) electrons. The average molecular weight is 329 g/mol. The lowest BCUT2D eigenvalue weighted by Gasteiger charge is -2.27. The van der Waals surface area contributed by atoms with E-state index in [-0.39, 0.29) is 0 Å². The quantitative estimate of drug-likeness (QED) is 0.865. The summed E-state index contributed by atoms with van der Waals surface area (Å²) in [5.41, 5.74) is 1.11. The summed E-state index contributed by atoms with van der Waals surface area (Å²) >= 11 is 0.